The lowest BCUT2D eigenvalue weighted by molar-refractivity contribution is -0.137. The van der Waals surface area contributed by atoms with Crippen molar-refractivity contribution in [1.29, 1.82) is 0 Å². The Morgan fingerprint density at radius 3 is 2.44 bits per heavy atom. The molecule has 2 aliphatic rings. The van der Waals surface area contributed by atoms with Crippen LogP contribution in [0.25, 0.3) is 11.1 Å². The van der Waals surface area contributed by atoms with Crippen molar-refractivity contribution >= 4 is 21.8 Å². The fourth-order valence-corrected chi connectivity index (χ4v) is 6.68. The molecule has 4 rings (SSSR count). The number of ether oxygens (including phenoxy) is 1. The first-order chi connectivity index (χ1) is 20.1. The number of benzene rings is 2. The second-order valence-corrected chi connectivity index (χ2v) is 15.7. The quantitative estimate of drug-likeness (QED) is 0.346. The van der Waals surface area contributed by atoms with Gasteiger partial charge in [0.05, 0.1) is 11.7 Å². The zero-order valence-corrected chi connectivity index (χ0v) is 26.9. The van der Waals surface area contributed by atoms with E-state index in [1.165, 1.54) is 13.8 Å². The van der Waals surface area contributed by atoms with Crippen molar-refractivity contribution in [1.82, 2.24) is 15.4 Å². The fraction of sp³-hybridized carbons (Fsp3) is 0.576. The maximum Gasteiger partial charge on any atom is 0.259 e. The maximum absolute atomic E-state index is 15.6. The van der Waals surface area contributed by atoms with Crippen LogP contribution < -0.4 is 20.1 Å². The summed E-state index contributed by atoms with van der Waals surface area (Å²) in [5, 5.41) is 5.29. The molecule has 10 heteroatoms. The van der Waals surface area contributed by atoms with Gasteiger partial charge < -0.3 is 15.4 Å². The van der Waals surface area contributed by atoms with E-state index in [-0.39, 0.29) is 42.9 Å². The predicted molar refractivity (Wildman–Crippen MR) is 167 cm³/mol. The van der Waals surface area contributed by atoms with E-state index in [0.29, 0.717) is 37.1 Å². The molecule has 1 aliphatic heterocycles. The van der Waals surface area contributed by atoms with Crippen molar-refractivity contribution in [2.24, 2.45) is 5.41 Å². The van der Waals surface area contributed by atoms with Gasteiger partial charge in [0.1, 0.15) is 11.9 Å². The highest BCUT2D eigenvalue weighted by Gasteiger charge is 2.47. The first kappa shape index (κ1) is 32.9. The Kier molecular flexibility index (Phi) is 9.91. The second kappa shape index (κ2) is 12.9. The van der Waals surface area contributed by atoms with E-state index in [4.69, 9.17) is 4.74 Å². The van der Waals surface area contributed by atoms with Crippen LogP contribution in [-0.2, 0) is 26.0 Å². The molecule has 1 aliphatic carbocycles. The number of nitrogens with one attached hydrogen (secondary N) is 3. The Labute approximate surface area is 255 Å². The zero-order valence-electron chi connectivity index (χ0n) is 26.1. The van der Waals surface area contributed by atoms with E-state index < -0.39 is 32.8 Å². The monoisotopic (exact) mass is 615 g/mol. The van der Waals surface area contributed by atoms with Crippen LogP contribution in [0.2, 0.25) is 0 Å². The molecule has 2 amide bonds. The van der Waals surface area contributed by atoms with Crippen LogP contribution in [0.5, 0.6) is 5.75 Å². The van der Waals surface area contributed by atoms with Crippen LogP contribution >= 0.6 is 0 Å². The standard InChI is InChI=1S/C33H46FN3O5S/c1-21(2)26-9-7-8-10-27(26)28-15-23(16-30(38)37-43(40,41)22(3)4)11-14-29(28)42-25-13-12-24(17-25)36-31(39)33(34)18-32(5,6)19-35-20-33/h7-11,14-15,21-22,24-25,35H,12-13,16-20H2,1-6H3,(H,36,39)(H,37,38)/t24-,25-,33+/m1/s1. The first-order valence-corrected chi connectivity index (χ1v) is 16.8. The lowest BCUT2D eigenvalue weighted by atomic mass is 9.77. The summed E-state index contributed by atoms with van der Waals surface area (Å²) < 4.78 is 48.7. The van der Waals surface area contributed by atoms with E-state index in [1.807, 2.05) is 44.2 Å². The van der Waals surface area contributed by atoms with Crippen LogP contribution in [-0.4, -0.2) is 56.4 Å². The van der Waals surface area contributed by atoms with E-state index >= 15 is 4.39 Å². The molecule has 1 saturated carbocycles. The van der Waals surface area contributed by atoms with Crippen LogP contribution in [0.1, 0.15) is 84.3 Å². The SMILES string of the molecule is CC(C)c1ccccc1-c1cc(CC(=O)NS(=O)(=O)C(C)C)ccc1O[C@@H]1CC[C@@H](NC(=O)[C@@]2(F)CNCC(C)(C)C2)C1. The Morgan fingerprint density at radius 1 is 1.05 bits per heavy atom. The number of piperidine rings is 1. The molecular weight excluding hydrogens is 569 g/mol. The molecular formula is C33H46FN3O5S. The van der Waals surface area contributed by atoms with E-state index in [9.17, 15) is 18.0 Å². The number of carbonyl (C=O) groups is 2. The van der Waals surface area contributed by atoms with E-state index in [2.05, 4.69) is 35.3 Å². The van der Waals surface area contributed by atoms with Gasteiger partial charge in [0.15, 0.2) is 0 Å². The van der Waals surface area contributed by atoms with Crippen molar-refractivity contribution < 1.29 is 27.1 Å². The number of hydrogen-bond donors (Lipinski definition) is 3. The van der Waals surface area contributed by atoms with Crippen LogP contribution in [0.15, 0.2) is 42.5 Å². The zero-order chi connectivity index (χ0) is 31.6. The Balaban J connectivity index is 1.52. The molecule has 0 radical (unpaired) electrons. The number of sulfonamides is 1. The average molecular weight is 616 g/mol. The predicted octanol–water partition coefficient (Wildman–Crippen LogP) is 5.02. The van der Waals surface area contributed by atoms with Crippen LogP contribution in [0.4, 0.5) is 4.39 Å². The van der Waals surface area contributed by atoms with Gasteiger partial charge in [-0.3, -0.25) is 14.3 Å². The van der Waals surface area contributed by atoms with E-state index in [1.54, 1.807) is 6.07 Å². The fourth-order valence-electron chi connectivity index (χ4n) is 6.06. The summed E-state index contributed by atoms with van der Waals surface area (Å²) in [6.45, 7) is 11.9. The number of carbonyl (C=O) groups excluding carboxylic acids is 2. The molecule has 8 nitrogen and oxygen atoms in total. The molecule has 3 N–H and O–H groups in total. The third-order valence-corrected chi connectivity index (χ3v) is 10.1. The Hall–Kier alpha value is -2.98. The molecule has 1 heterocycles. The maximum atomic E-state index is 15.6. The number of alkyl halides is 1. The van der Waals surface area contributed by atoms with Crippen molar-refractivity contribution in [3.8, 4) is 16.9 Å². The summed E-state index contributed by atoms with van der Waals surface area (Å²) >= 11 is 0. The van der Waals surface area contributed by atoms with Crippen LogP contribution in [0.3, 0.4) is 0 Å². The largest absolute Gasteiger partial charge is 0.490 e. The van der Waals surface area contributed by atoms with Crippen LogP contribution in [0, 0.1) is 5.41 Å². The summed E-state index contributed by atoms with van der Waals surface area (Å²) in [5.74, 6) is -0.288. The van der Waals surface area contributed by atoms with Crippen molar-refractivity contribution in [2.75, 3.05) is 13.1 Å². The van der Waals surface area contributed by atoms with E-state index in [0.717, 1.165) is 16.7 Å². The molecule has 0 spiro atoms. The lowest BCUT2D eigenvalue weighted by Gasteiger charge is -2.39. The van der Waals surface area contributed by atoms with Gasteiger partial charge in [-0.1, -0.05) is 58.0 Å². The minimum absolute atomic E-state index is 0.0152. The molecule has 2 aromatic carbocycles. The molecule has 0 aromatic heterocycles. The van der Waals surface area contributed by atoms with Gasteiger partial charge in [0, 0.05) is 31.1 Å². The summed E-state index contributed by atoms with van der Waals surface area (Å²) in [5.41, 5.74) is 1.32. The van der Waals surface area contributed by atoms with Crippen molar-refractivity contribution in [2.45, 2.75) is 103 Å². The topological polar surface area (TPSA) is 114 Å². The number of hydrogen-bond acceptors (Lipinski definition) is 6. The first-order valence-electron chi connectivity index (χ1n) is 15.2. The molecule has 43 heavy (non-hydrogen) atoms. The lowest BCUT2D eigenvalue weighted by Crippen LogP contribution is -2.59. The third kappa shape index (κ3) is 8.15. The van der Waals surface area contributed by atoms with Gasteiger partial charge in [0.2, 0.25) is 21.6 Å². The average Bonchev–Trinajstić information content (AvgIpc) is 3.35. The van der Waals surface area contributed by atoms with Gasteiger partial charge in [-0.2, -0.15) is 0 Å². The summed E-state index contributed by atoms with van der Waals surface area (Å²) in [4.78, 5) is 25.6. The molecule has 0 unspecified atom stereocenters. The normalized spacial score (nSPS) is 23.7. The highest BCUT2D eigenvalue weighted by molar-refractivity contribution is 7.90. The highest BCUT2D eigenvalue weighted by atomic mass is 32.2. The number of halogens is 1. The third-order valence-electron chi connectivity index (χ3n) is 8.35. The number of amides is 2. The minimum Gasteiger partial charge on any atom is -0.490 e. The Morgan fingerprint density at radius 2 is 1.77 bits per heavy atom. The number of rotatable bonds is 10. The molecule has 2 aromatic rings. The van der Waals surface area contributed by atoms with Gasteiger partial charge in [-0.15, -0.1) is 0 Å². The van der Waals surface area contributed by atoms with Gasteiger partial charge in [-0.25, -0.2) is 12.8 Å². The summed E-state index contributed by atoms with van der Waals surface area (Å²) in [6, 6.07) is 13.3. The van der Waals surface area contributed by atoms with Gasteiger partial charge in [-0.05, 0) is 73.3 Å². The Bertz CT molecular complexity index is 1440. The molecule has 3 atom stereocenters. The minimum atomic E-state index is -3.73. The van der Waals surface area contributed by atoms with Gasteiger partial charge in [0.25, 0.3) is 5.91 Å². The van der Waals surface area contributed by atoms with Crippen molar-refractivity contribution in [3.05, 3.63) is 53.6 Å². The van der Waals surface area contributed by atoms with Crippen molar-refractivity contribution in [3.63, 3.8) is 0 Å². The van der Waals surface area contributed by atoms with Gasteiger partial charge >= 0.3 is 0 Å². The highest BCUT2D eigenvalue weighted by Crippen LogP contribution is 2.39. The molecule has 0 bridgehead atoms. The molecule has 1 saturated heterocycles. The molecule has 236 valence electrons. The smallest absolute Gasteiger partial charge is 0.259 e. The summed E-state index contributed by atoms with van der Waals surface area (Å²) in [6.07, 6.45) is 1.84. The second-order valence-electron chi connectivity index (χ2n) is 13.5. The molecule has 2 fully saturated rings. The summed E-state index contributed by atoms with van der Waals surface area (Å²) in [7, 11) is -3.73.